The number of halogens is 1. The van der Waals surface area contributed by atoms with E-state index in [1.54, 1.807) is 0 Å². The van der Waals surface area contributed by atoms with E-state index in [1.165, 1.54) is 5.56 Å². The third-order valence-corrected chi connectivity index (χ3v) is 6.41. The van der Waals surface area contributed by atoms with Gasteiger partial charge >= 0.3 is 0 Å². The fraction of sp³-hybridized carbons (Fsp3) is 0.292. The second kappa shape index (κ2) is 8.96. The molecule has 154 valence electrons. The summed E-state index contributed by atoms with van der Waals surface area (Å²) in [6, 6.07) is 14.2. The first kappa shape index (κ1) is 20.5. The van der Waals surface area contributed by atoms with Crippen LogP contribution in [0.25, 0.3) is 11.1 Å². The van der Waals surface area contributed by atoms with Crippen LogP contribution in [0.1, 0.15) is 24.0 Å². The number of aryl methyl sites for hydroxylation is 2. The average Bonchev–Trinajstić information content (AvgIpc) is 2.77. The zero-order valence-corrected chi connectivity index (χ0v) is 18.8. The number of anilines is 2. The number of nitrogens with one attached hydrogen (secondary N) is 1. The van der Waals surface area contributed by atoms with Gasteiger partial charge in [0.25, 0.3) is 0 Å². The summed E-state index contributed by atoms with van der Waals surface area (Å²) in [6.45, 7) is 5.58. The Morgan fingerprint density at radius 3 is 2.50 bits per heavy atom. The normalized spacial score (nSPS) is 16.4. The largest absolute Gasteiger partial charge is 0.340 e. The predicted octanol–water partition coefficient (Wildman–Crippen LogP) is 5.38. The van der Waals surface area contributed by atoms with Crippen molar-refractivity contribution in [1.82, 2.24) is 9.97 Å². The fourth-order valence-corrected chi connectivity index (χ4v) is 3.97. The second-order valence-electron chi connectivity index (χ2n) is 7.88. The molecule has 4 rings (SSSR count). The third kappa shape index (κ3) is 4.70. The molecule has 1 aliphatic heterocycles. The number of nitrogens with zero attached hydrogens (tertiary/aromatic N) is 3. The van der Waals surface area contributed by atoms with Crippen LogP contribution in [0.15, 0.2) is 59.3 Å². The Morgan fingerprint density at radius 2 is 1.80 bits per heavy atom. The molecule has 1 atom stereocenters. The van der Waals surface area contributed by atoms with Crippen molar-refractivity contribution in [3.8, 4) is 11.1 Å². The minimum atomic E-state index is -0.0805. The van der Waals surface area contributed by atoms with E-state index in [0.717, 1.165) is 46.2 Å². The molecular formula is C24H25BrN4O. The molecule has 1 fully saturated rings. The number of carbonyl (C=O) groups is 1. The molecule has 1 aliphatic rings. The van der Waals surface area contributed by atoms with E-state index in [-0.39, 0.29) is 11.8 Å². The number of carbonyl (C=O) groups excluding carboxylic acids is 1. The predicted molar refractivity (Wildman–Crippen MR) is 125 cm³/mol. The zero-order valence-electron chi connectivity index (χ0n) is 17.2. The van der Waals surface area contributed by atoms with Crippen molar-refractivity contribution in [3.05, 3.63) is 70.5 Å². The second-order valence-corrected chi connectivity index (χ2v) is 8.73. The first-order valence-electron chi connectivity index (χ1n) is 10.2. The fourth-order valence-electron chi connectivity index (χ4n) is 3.72. The Labute approximate surface area is 185 Å². The summed E-state index contributed by atoms with van der Waals surface area (Å²) in [4.78, 5) is 24.1. The molecular weight excluding hydrogens is 440 g/mol. The molecule has 5 nitrogen and oxygen atoms in total. The van der Waals surface area contributed by atoms with Crippen molar-refractivity contribution >= 4 is 33.5 Å². The van der Waals surface area contributed by atoms with Gasteiger partial charge in [-0.15, -0.1) is 0 Å². The van der Waals surface area contributed by atoms with Crippen LogP contribution in [0.2, 0.25) is 0 Å². The van der Waals surface area contributed by atoms with Gasteiger partial charge in [-0.1, -0.05) is 45.8 Å². The smallest absolute Gasteiger partial charge is 0.229 e. The number of amides is 1. The Kier molecular flexibility index (Phi) is 6.13. The topological polar surface area (TPSA) is 58.1 Å². The number of piperidine rings is 1. The molecule has 1 unspecified atom stereocenters. The maximum atomic E-state index is 12.8. The van der Waals surface area contributed by atoms with Gasteiger partial charge in [0.05, 0.1) is 5.92 Å². The molecule has 1 saturated heterocycles. The SMILES string of the molecule is Cc1ccc(-c2cnc(N3CCCC(C(=O)Nc4ccc(Br)c(C)c4)C3)nc2)cc1. The van der Waals surface area contributed by atoms with Crippen LogP contribution >= 0.6 is 15.9 Å². The van der Waals surface area contributed by atoms with Gasteiger partial charge in [0.1, 0.15) is 0 Å². The quantitative estimate of drug-likeness (QED) is 0.562. The minimum absolute atomic E-state index is 0.0534. The van der Waals surface area contributed by atoms with Crippen molar-refractivity contribution in [3.63, 3.8) is 0 Å². The number of aromatic nitrogens is 2. The minimum Gasteiger partial charge on any atom is -0.340 e. The highest BCUT2D eigenvalue weighted by Crippen LogP contribution is 2.25. The van der Waals surface area contributed by atoms with Gasteiger partial charge < -0.3 is 10.2 Å². The average molecular weight is 465 g/mol. The lowest BCUT2D eigenvalue weighted by Gasteiger charge is -2.32. The molecule has 0 aliphatic carbocycles. The molecule has 2 heterocycles. The molecule has 1 amide bonds. The van der Waals surface area contributed by atoms with Crippen LogP contribution < -0.4 is 10.2 Å². The Balaban J connectivity index is 1.42. The maximum absolute atomic E-state index is 12.8. The van der Waals surface area contributed by atoms with Crippen LogP contribution in [-0.4, -0.2) is 29.0 Å². The van der Waals surface area contributed by atoms with E-state index in [4.69, 9.17) is 0 Å². The molecule has 2 aromatic carbocycles. The van der Waals surface area contributed by atoms with Crippen LogP contribution in [-0.2, 0) is 4.79 Å². The summed E-state index contributed by atoms with van der Waals surface area (Å²) in [5.74, 6) is 0.656. The van der Waals surface area contributed by atoms with Gasteiger partial charge in [0.2, 0.25) is 11.9 Å². The Morgan fingerprint density at radius 1 is 1.07 bits per heavy atom. The standard InChI is InChI=1S/C24H25BrN4O/c1-16-5-7-18(8-6-16)20-13-26-24(27-14-20)29-11-3-4-19(15-29)23(30)28-21-9-10-22(25)17(2)12-21/h5-10,12-14,19H,3-4,11,15H2,1-2H3,(H,28,30). The molecule has 3 aromatic rings. The lowest BCUT2D eigenvalue weighted by Crippen LogP contribution is -2.41. The highest BCUT2D eigenvalue weighted by molar-refractivity contribution is 9.10. The zero-order chi connectivity index (χ0) is 21.1. The number of benzene rings is 2. The summed E-state index contributed by atoms with van der Waals surface area (Å²) in [6.07, 6.45) is 5.54. The summed E-state index contributed by atoms with van der Waals surface area (Å²) >= 11 is 3.50. The van der Waals surface area contributed by atoms with E-state index < -0.39 is 0 Å². The van der Waals surface area contributed by atoms with E-state index in [2.05, 4.69) is 67.3 Å². The van der Waals surface area contributed by atoms with Gasteiger partial charge in [0.15, 0.2) is 0 Å². The lowest BCUT2D eigenvalue weighted by molar-refractivity contribution is -0.120. The van der Waals surface area contributed by atoms with Crippen molar-refractivity contribution < 1.29 is 4.79 Å². The van der Waals surface area contributed by atoms with Crippen LogP contribution in [0, 0.1) is 19.8 Å². The lowest BCUT2D eigenvalue weighted by atomic mass is 9.97. The van der Waals surface area contributed by atoms with Crippen molar-refractivity contribution in [2.75, 3.05) is 23.3 Å². The van der Waals surface area contributed by atoms with Gasteiger partial charge in [-0.2, -0.15) is 0 Å². The molecule has 0 bridgehead atoms. The molecule has 0 radical (unpaired) electrons. The summed E-state index contributed by atoms with van der Waals surface area (Å²) in [5, 5.41) is 3.06. The first-order chi connectivity index (χ1) is 14.5. The van der Waals surface area contributed by atoms with Gasteiger partial charge in [-0.3, -0.25) is 4.79 Å². The summed E-state index contributed by atoms with van der Waals surface area (Å²) in [7, 11) is 0. The highest BCUT2D eigenvalue weighted by atomic mass is 79.9. The van der Waals surface area contributed by atoms with Gasteiger partial charge in [0, 0.05) is 41.2 Å². The molecule has 1 aromatic heterocycles. The van der Waals surface area contributed by atoms with E-state index in [1.807, 2.05) is 37.5 Å². The molecule has 1 N–H and O–H groups in total. The third-order valence-electron chi connectivity index (χ3n) is 5.52. The molecule has 0 saturated carbocycles. The van der Waals surface area contributed by atoms with E-state index in [0.29, 0.717) is 12.5 Å². The maximum Gasteiger partial charge on any atom is 0.229 e. The Hall–Kier alpha value is -2.73. The number of hydrogen-bond acceptors (Lipinski definition) is 4. The van der Waals surface area contributed by atoms with Gasteiger partial charge in [-0.25, -0.2) is 9.97 Å². The van der Waals surface area contributed by atoms with Crippen LogP contribution in [0.4, 0.5) is 11.6 Å². The van der Waals surface area contributed by atoms with E-state index >= 15 is 0 Å². The summed E-state index contributed by atoms with van der Waals surface area (Å²) in [5.41, 5.74) is 5.26. The first-order valence-corrected chi connectivity index (χ1v) is 11.0. The molecule has 30 heavy (non-hydrogen) atoms. The van der Waals surface area contributed by atoms with Crippen LogP contribution in [0.5, 0.6) is 0 Å². The van der Waals surface area contributed by atoms with Crippen molar-refractivity contribution in [1.29, 1.82) is 0 Å². The van der Waals surface area contributed by atoms with Crippen molar-refractivity contribution in [2.45, 2.75) is 26.7 Å². The van der Waals surface area contributed by atoms with Crippen LogP contribution in [0.3, 0.4) is 0 Å². The monoisotopic (exact) mass is 464 g/mol. The number of rotatable bonds is 4. The Bertz CT molecular complexity index is 1030. The van der Waals surface area contributed by atoms with Gasteiger partial charge in [-0.05, 0) is 56.0 Å². The summed E-state index contributed by atoms with van der Waals surface area (Å²) < 4.78 is 1.04. The molecule has 6 heteroatoms. The highest BCUT2D eigenvalue weighted by Gasteiger charge is 2.27. The van der Waals surface area contributed by atoms with E-state index in [9.17, 15) is 4.79 Å². The molecule has 0 spiro atoms. The number of hydrogen-bond donors (Lipinski definition) is 1. The van der Waals surface area contributed by atoms with Crippen molar-refractivity contribution in [2.24, 2.45) is 5.92 Å².